The Bertz CT molecular complexity index is 998. The highest BCUT2D eigenvalue weighted by molar-refractivity contribution is 8.18. The Kier molecular flexibility index (Phi) is 5.75. The van der Waals surface area contributed by atoms with Gasteiger partial charge in [0.1, 0.15) is 5.75 Å². The number of nitrogens with zero attached hydrogens (tertiary/aromatic N) is 1. The lowest BCUT2D eigenvalue weighted by atomic mass is 10.2. The Labute approximate surface area is 163 Å². The van der Waals surface area contributed by atoms with Gasteiger partial charge in [0.25, 0.3) is 5.91 Å². The number of carboxylic acid groups (broad SMARTS) is 2. The Balaban J connectivity index is 1.79. The van der Waals surface area contributed by atoms with Gasteiger partial charge in [-0.2, -0.15) is 0 Å². The maximum atomic E-state index is 12.2. The highest BCUT2D eigenvalue weighted by atomic mass is 32.2. The summed E-state index contributed by atoms with van der Waals surface area (Å²) in [6.45, 7) is -0.488. The molecule has 8 nitrogen and oxygen atoms in total. The molecular formula is C19H14N2O6S. The van der Waals surface area contributed by atoms with Gasteiger partial charge >= 0.3 is 11.9 Å². The van der Waals surface area contributed by atoms with Gasteiger partial charge in [-0.15, -0.1) is 0 Å². The van der Waals surface area contributed by atoms with E-state index in [1.165, 1.54) is 12.1 Å². The third kappa shape index (κ3) is 4.77. The average Bonchev–Trinajstić information content (AvgIpc) is 3.00. The number of carbonyl (C=O) groups excluding carboxylic acids is 1. The first kappa shape index (κ1) is 19.2. The van der Waals surface area contributed by atoms with E-state index in [4.69, 9.17) is 14.9 Å². The van der Waals surface area contributed by atoms with Crippen molar-refractivity contribution >= 4 is 46.5 Å². The molecule has 1 aliphatic rings. The number of nitrogens with one attached hydrogen (secondary N) is 1. The predicted octanol–water partition coefficient (Wildman–Crippen LogP) is 2.74. The number of ether oxygens (including phenoxy) is 1. The van der Waals surface area contributed by atoms with Gasteiger partial charge in [-0.05, 0) is 48.2 Å². The number of hydrogen-bond donors (Lipinski definition) is 3. The first-order valence-corrected chi connectivity index (χ1v) is 8.80. The molecule has 1 fully saturated rings. The summed E-state index contributed by atoms with van der Waals surface area (Å²) in [6, 6.07) is 12.7. The number of thioether (sulfide) groups is 1. The van der Waals surface area contributed by atoms with Crippen molar-refractivity contribution in [1.29, 1.82) is 0 Å². The molecule has 0 spiro atoms. The van der Waals surface area contributed by atoms with Crippen molar-refractivity contribution in [2.24, 2.45) is 4.99 Å². The Morgan fingerprint density at radius 2 is 1.82 bits per heavy atom. The van der Waals surface area contributed by atoms with Crippen molar-refractivity contribution in [3.8, 4) is 5.75 Å². The molecule has 0 aromatic heterocycles. The molecule has 2 aromatic rings. The SMILES string of the molecule is O=C(O)COc1ccccc1/C=C1\SC(=Nc2ccc(C(=O)O)cc2)NC1=O. The lowest BCUT2D eigenvalue weighted by Gasteiger charge is -2.06. The number of rotatable bonds is 6. The molecule has 0 saturated carbocycles. The van der Waals surface area contributed by atoms with Crippen molar-refractivity contribution in [2.75, 3.05) is 6.61 Å². The normalized spacial score (nSPS) is 16.2. The van der Waals surface area contributed by atoms with Crippen molar-refractivity contribution in [1.82, 2.24) is 5.32 Å². The summed E-state index contributed by atoms with van der Waals surface area (Å²) in [7, 11) is 0. The molecule has 0 bridgehead atoms. The predicted molar refractivity (Wildman–Crippen MR) is 104 cm³/mol. The van der Waals surface area contributed by atoms with Crippen LogP contribution >= 0.6 is 11.8 Å². The van der Waals surface area contributed by atoms with Crippen LogP contribution in [0.2, 0.25) is 0 Å². The fourth-order valence-corrected chi connectivity index (χ4v) is 3.12. The maximum absolute atomic E-state index is 12.2. The van der Waals surface area contributed by atoms with E-state index < -0.39 is 18.5 Å². The summed E-state index contributed by atoms with van der Waals surface area (Å²) in [5.41, 5.74) is 1.21. The first-order valence-electron chi connectivity index (χ1n) is 7.99. The zero-order chi connectivity index (χ0) is 20.1. The first-order chi connectivity index (χ1) is 13.4. The number of hydrogen-bond acceptors (Lipinski definition) is 6. The van der Waals surface area contributed by atoms with Gasteiger partial charge in [-0.25, -0.2) is 14.6 Å². The van der Waals surface area contributed by atoms with Crippen LogP contribution < -0.4 is 10.1 Å². The van der Waals surface area contributed by atoms with Gasteiger partial charge in [0.2, 0.25) is 0 Å². The lowest BCUT2D eigenvalue weighted by molar-refractivity contribution is -0.139. The highest BCUT2D eigenvalue weighted by Gasteiger charge is 2.24. The number of carbonyl (C=O) groups is 3. The number of aromatic carboxylic acids is 1. The average molecular weight is 398 g/mol. The van der Waals surface area contributed by atoms with E-state index in [2.05, 4.69) is 10.3 Å². The Morgan fingerprint density at radius 3 is 2.50 bits per heavy atom. The minimum absolute atomic E-state index is 0.144. The van der Waals surface area contributed by atoms with E-state index in [0.717, 1.165) is 11.8 Å². The summed E-state index contributed by atoms with van der Waals surface area (Å²) in [5, 5.41) is 20.7. The quantitative estimate of drug-likeness (QED) is 0.639. The molecule has 0 aliphatic carbocycles. The molecule has 142 valence electrons. The van der Waals surface area contributed by atoms with Crippen LogP contribution in [0.15, 0.2) is 58.4 Å². The summed E-state index contributed by atoms with van der Waals surface area (Å²) in [6.07, 6.45) is 1.59. The molecule has 1 saturated heterocycles. The van der Waals surface area contributed by atoms with Crippen molar-refractivity contribution in [3.05, 3.63) is 64.6 Å². The van der Waals surface area contributed by atoms with Crippen LogP contribution in [0.3, 0.4) is 0 Å². The number of aliphatic imine (C=N–C) groups is 1. The second-order valence-electron chi connectivity index (χ2n) is 5.55. The zero-order valence-electron chi connectivity index (χ0n) is 14.3. The van der Waals surface area contributed by atoms with Crippen molar-refractivity contribution < 1.29 is 29.3 Å². The Morgan fingerprint density at radius 1 is 1.11 bits per heavy atom. The van der Waals surface area contributed by atoms with Crippen molar-refractivity contribution in [3.63, 3.8) is 0 Å². The monoisotopic (exact) mass is 398 g/mol. The van der Waals surface area contributed by atoms with E-state index >= 15 is 0 Å². The largest absolute Gasteiger partial charge is 0.481 e. The number of amidine groups is 1. The van der Waals surface area contributed by atoms with Gasteiger partial charge in [0.05, 0.1) is 16.2 Å². The standard InChI is InChI=1S/C19H14N2O6S/c22-16(23)10-27-14-4-2-1-3-12(14)9-15-17(24)21-19(28-15)20-13-7-5-11(6-8-13)18(25)26/h1-9H,10H2,(H,22,23)(H,25,26)(H,20,21,24)/b15-9-. The van der Waals surface area contributed by atoms with Crippen LogP contribution in [0.25, 0.3) is 6.08 Å². The van der Waals surface area contributed by atoms with Crippen LogP contribution in [0.5, 0.6) is 5.75 Å². The van der Waals surface area contributed by atoms with E-state index in [-0.39, 0.29) is 11.5 Å². The third-order valence-electron chi connectivity index (χ3n) is 3.55. The van der Waals surface area contributed by atoms with Gasteiger partial charge < -0.3 is 20.3 Å². The zero-order valence-corrected chi connectivity index (χ0v) is 15.1. The van der Waals surface area contributed by atoms with E-state index in [9.17, 15) is 14.4 Å². The molecule has 1 amide bonds. The topological polar surface area (TPSA) is 125 Å². The number of benzene rings is 2. The summed E-state index contributed by atoms with van der Waals surface area (Å²) in [5.74, 6) is -2.13. The van der Waals surface area contributed by atoms with Crippen LogP contribution in [-0.4, -0.2) is 39.8 Å². The molecule has 1 aliphatic heterocycles. The second-order valence-corrected chi connectivity index (χ2v) is 6.58. The number of para-hydroxylation sites is 1. The molecular weight excluding hydrogens is 384 g/mol. The van der Waals surface area contributed by atoms with Gasteiger partial charge in [-0.3, -0.25) is 4.79 Å². The highest BCUT2D eigenvalue weighted by Crippen LogP contribution is 2.30. The minimum Gasteiger partial charge on any atom is -0.481 e. The van der Waals surface area contributed by atoms with Crippen LogP contribution in [0.1, 0.15) is 15.9 Å². The molecule has 28 heavy (non-hydrogen) atoms. The fourth-order valence-electron chi connectivity index (χ4n) is 2.29. The second kappa shape index (κ2) is 8.40. The van der Waals surface area contributed by atoms with Crippen LogP contribution in [-0.2, 0) is 9.59 Å². The molecule has 3 rings (SSSR count). The molecule has 2 aromatic carbocycles. The fraction of sp³-hybridized carbons (Fsp3) is 0.0526. The number of carboxylic acids is 2. The van der Waals surface area contributed by atoms with Crippen LogP contribution in [0, 0.1) is 0 Å². The van der Waals surface area contributed by atoms with E-state index in [0.29, 0.717) is 27.1 Å². The smallest absolute Gasteiger partial charge is 0.341 e. The van der Waals surface area contributed by atoms with Crippen molar-refractivity contribution in [2.45, 2.75) is 0 Å². The molecule has 0 atom stereocenters. The summed E-state index contributed by atoms with van der Waals surface area (Å²) < 4.78 is 5.23. The molecule has 9 heteroatoms. The van der Waals surface area contributed by atoms with Crippen LogP contribution in [0.4, 0.5) is 5.69 Å². The summed E-state index contributed by atoms with van der Waals surface area (Å²) >= 11 is 1.11. The third-order valence-corrected chi connectivity index (χ3v) is 4.46. The number of aliphatic carboxylic acids is 1. The Hall–Kier alpha value is -3.59. The van der Waals surface area contributed by atoms with E-state index in [1.54, 1.807) is 42.5 Å². The van der Waals surface area contributed by atoms with E-state index in [1.807, 2.05) is 0 Å². The lowest BCUT2D eigenvalue weighted by Crippen LogP contribution is -2.19. The minimum atomic E-state index is -1.10. The van der Waals surface area contributed by atoms with Gasteiger partial charge in [-0.1, -0.05) is 18.2 Å². The number of amides is 1. The summed E-state index contributed by atoms with van der Waals surface area (Å²) in [4.78, 5) is 38.4. The van der Waals surface area contributed by atoms with Gasteiger partial charge in [0.15, 0.2) is 11.8 Å². The molecule has 1 heterocycles. The maximum Gasteiger partial charge on any atom is 0.341 e. The molecule has 3 N–H and O–H groups in total. The molecule has 0 radical (unpaired) electrons. The molecule has 0 unspecified atom stereocenters. The van der Waals surface area contributed by atoms with Gasteiger partial charge in [0, 0.05) is 5.56 Å².